The zero-order chi connectivity index (χ0) is 22.2. The Morgan fingerprint density at radius 1 is 1.19 bits per heavy atom. The Morgan fingerprint density at radius 2 is 2.06 bits per heavy atom. The van der Waals surface area contributed by atoms with Crippen LogP contribution in [0.5, 0.6) is 0 Å². The fourth-order valence-corrected chi connectivity index (χ4v) is 4.12. The van der Waals surface area contributed by atoms with E-state index in [4.69, 9.17) is 14.9 Å². The Balaban J connectivity index is 1.45. The van der Waals surface area contributed by atoms with Crippen LogP contribution < -0.4 is 5.73 Å². The van der Waals surface area contributed by atoms with Crippen molar-refractivity contribution in [3.8, 4) is 11.1 Å². The quantitative estimate of drug-likeness (QED) is 0.529. The van der Waals surface area contributed by atoms with Gasteiger partial charge in [-0.3, -0.25) is 4.79 Å². The molecule has 1 amide bonds. The molecule has 0 radical (unpaired) electrons. The first kappa shape index (κ1) is 20.1. The first-order chi connectivity index (χ1) is 15.5. The molecule has 8 nitrogen and oxygen atoms in total. The highest BCUT2D eigenvalue weighted by atomic mass is 16.5. The molecular formula is C24H23N5O3. The maximum absolute atomic E-state index is 13.4. The van der Waals surface area contributed by atoms with E-state index in [0.29, 0.717) is 37.0 Å². The molecule has 1 aliphatic heterocycles. The molecule has 8 heteroatoms. The predicted molar refractivity (Wildman–Crippen MR) is 120 cm³/mol. The lowest BCUT2D eigenvalue weighted by atomic mass is 10.0. The molecule has 4 heterocycles. The van der Waals surface area contributed by atoms with E-state index in [9.17, 15) is 4.79 Å². The number of nitrogens with two attached hydrogens (primary N) is 1. The Labute approximate surface area is 185 Å². The number of fused-ring (bicyclic) bond motifs is 1. The van der Waals surface area contributed by atoms with E-state index in [-0.39, 0.29) is 5.91 Å². The summed E-state index contributed by atoms with van der Waals surface area (Å²) < 4.78 is 12.0. The maximum atomic E-state index is 13.4. The van der Waals surface area contributed by atoms with E-state index in [1.165, 1.54) is 6.33 Å². The third-order valence-electron chi connectivity index (χ3n) is 5.78. The van der Waals surface area contributed by atoms with Gasteiger partial charge in [0, 0.05) is 35.5 Å². The fraction of sp³-hybridized carbons (Fsp3) is 0.250. The minimum absolute atomic E-state index is 0.145. The summed E-state index contributed by atoms with van der Waals surface area (Å²) in [6.45, 7) is 5.19. The van der Waals surface area contributed by atoms with Crippen molar-refractivity contribution in [3.63, 3.8) is 0 Å². The van der Waals surface area contributed by atoms with Gasteiger partial charge in [-0.1, -0.05) is 11.6 Å². The van der Waals surface area contributed by atoms with Gasteiger partial charge in [-0.15, -0.1) is 0 Å². The summed E-state index contributed by atoms with van der Waals surface area (Å²) in [7, 11) is 0. The molecule has 5 rings (SSSR count). The van der Waals surface area contributed by atoms with Gasteiger partial charge in [-0.2, -0.15) is 0 Å². The third-order valence-corrected chi connectivity index (χ3v) is 5.78. The minimum Gasteiger partial charge on any atom is -0.451 e. The average molecular weight is 429 g/mol. The van der Waals surface area contributed by atoms with Crippen LogP contribution in [0.3, 0.4) is 0 Å². The molecule has 32 heavy (non-hydrogen) atoms. The number of aromatic nitrogens is 3. The molecule has 1 atom stereocenters. The van der Waals surface area contributed by atoms with Gasteiger partial charge in [0.15, 0.2) is 5.76 Å². The second-order valence-corrected chi connectivity index (χ2v) is 7.96. The normalized spacial score (nSPS) is 16.4. The lowest BCUT2D eigenvalue weighted by Crippen LogP contribution is -2.42. The minimum atomic E-state index is -0.396. The average Bonchev–Trinajstić information content (AvgIpc) is 3.14. The van der Waals surface area contributed by atoms with Gasteiger partial charge in [0.1, 0.15) is 23.8 Å². The van der Waals surface area contributed by atoms with Crippen molar-refractivity contribution in [1.29, 1.82) is 0 Å². The number of benzene rings is 1. The molecule has 3 aromatic heterocycles. The monoisotopic (exact) mass is 429 g/mol. The number of ether oxygens (including phenoxy) is 1. The SMILES string of the molecule is Cc1ccc2oc(C(=O)N3CCO[C@@H](c4ncncc4-c4ccnc(N)c4)C3)c(C)c2c1. The van der Waals surface area contributed by atoms with Crippen molar-refractivity contribution in [1.82, 2.24) is 19.9 Å². The maximum Gasteiger partial charge on any atom is 0.290 e. The van der Waals surface area contributed by atoms with Gasteiger partial charge < -0.3 is 19.8 Å². The summed E-state index contributed by atoms with van der Waals surface area (Å²) in [5, 5.41) is 0.964. The Morgan fingerprint density at radius 3 is 2.91 bits per heavy atom. The van der Waals surface area contributed by atoms with Crippen LogP contribution in [-0.4, -0.2) is 45.5 Å². The van der Waals surface area contributed by atoms with Gasteiger partial charge in [-0.05, 0) is 43.7 Å². The van der Waals surface area contributed by atoms with E-state index in [1.807, 2.05) is 38.1 Å². The number of furan rings is 1. The largest absolute Gasteiger partial charge is 0.451 e. The molecule has 1 aromatic carbocycles. The van der Waals surface area contributed by atoms with Gasteiger partial charge in [0.2, 0.25) is 0 Å². The summed E-state index contributed by atoms with van der Waals surface area (Å²) in [5.41, 5.74) is 10.9. The number of carbonyl (C=O) groups excluding carboxylic acids is 1. The number of nitrogens with zero attached hydrogens (tertiary/aromatic N) is 4. The number of anilines is 1. The van der Waals surface area contributed by atoms with Crippen LogP contribution >= 0.6 is 0 Å². The highest BCUT2D eigenvalue weighted by Crippen LogP contribution is 2.32. The first-order valence-electron chi connectivity index (χ1n) is 10.4. The molecule has 0 spiro atoms. The number of aryl methyl sites for hydroxylation is 2. The summed E-state index contributed by atoms with van der Waals surface area (Å²) in [6.07, 6.45) is 4.46. The Hall–Kier alpha value is -3.78. The number of amides is 1. The molecular weight excluding hydrogens is 406 g/mol. The topological polar surface area (TPSA) is 107 Å². The van der Waals surface area contributed by atoms with E-state index in [0.717, 1.165) is 33.2 Å². The van der Waals surface area contributed by atoms with Crippen LogP contribution in [0.15, 0.2) is 53.5 Å². The lowest BCUT2D eigenvalue weighted by molar-refractivity contribution is -0.0254. The standard InChI is InChI=1S/C24H23N5O3/c1-14-3-4-19-17(9-14)15(2)23(32-19)24(30)29-7-8-31-20(12-29)22-18(11-26-13-28-22)16-5-6-27-21(25)10-16/h3-6,9-11,13,20H,7-8,12H2,1-2H3,(H2,25,27)/t20-/m1/s1. The molecule has 0 bridgehead atoms. The van der Waals surface area contributed by atoms with Gasteiger partial charge in [-0.25, -0.2) is 15.0 Å². The van der Waals surface area contributed by atoms with Crippen LogP contribution in [0.4, 0.5) is 5.82 Å². The van der Waals surface area contributed by atoms with E-state index in [2.05, 4.69) is 15.0 Å². The molecule has 1 saturated heterocycles. The zero-order valence-corrected chi connectivity index (χ0v) is 17.9. The van der Waals surface area contributed by atoms with Crippen LogP contribution in [0.2, 0.25) is 0 Å². The summed E-state index contributed by atoms with van der Waals surface area (Å²) in [4.78, 5) is 27.8. The second kappa shape index (κ2) is 8.05. The van der Waals surface area contributed by atoms with Gasteiger partial charge in [0.05, 0.1) is 18.8 Å². The number of morpholine rings is 1. The van der Waals surface area contributed by atoms with Crippen LogP contribution in [0.1, 0.15) is 33.5 Å². The molecule has 162 valence electrons. The van der Waals surface area contributed by atoms with Crippen molar-refractivity contribution in [2.24, 2.45) is 0 Å². The lowest BCUT2D eigenvalue weighted by Gasteiger charge is -2.33. The van der Waals surface area contributed by atoms with E-state index < -0.39 is 6.10 Å². The van der Waals surface area contributed by atoms with Crippen LogP contribution in [0, 0.1) is 13.8 Å². The number of hydrogen-bond acceptors (Lipinski definition) is 7. The van der Waals surface area contributed by atoms with Crippen molar-refractivity contribution < 1.29 is 13.9 Å². The van der Waals surface area contributed by atoms with Gasteiger partial charge in [0.25, 0.3) is 5.91 Å². The molecule has 1 aliphatic rings. The van der Waals surface area contributed by atoms with Crippen molar-refractivity contribution in [2.45, 2.75) is 20.0 Å². The summed E-state index contributed by atoms with van der Waals surface area (Å²) >= 11 is 0. The number of carbonyl (C=O) groups is 1. The van der Waals surface area contributed by atoms with Crippen molar-refractivity contribution in [2.75, 3.05) is 25.4 Å². The molecule has 4 aromatic rings. The second-order valence-electron chi connectivity index (χ2n) is 7.96. The molecule has 2 N–H and O–H groups in total. The zero-order valence-electron chi connectivity index (χ0n) is 17.9. The highest BCUT2D eigenvalue weighted by molar-refractivity contribution is 5.99. The fourth-order valence-electron chi connectivity index (χ4n) is 4.12. The summed E-state index contributed by atoms with van der Waals surface area (Å²) in [5.74, 6) is 0.638. The van der Waals surface area contributed by atoms with Crippen molar-refractivity contribution >= 4 is 22.7 Å². The molecule has 1 fully saturated rings. The number of rotatable bonds is 3. The van der Waals surface area contributed by atoms with E-state index in [1.54, 1.807) is 23.4 Å². The summed E-state index contributed by atoms with van der Waals surface area (Å²) in [6, 6.07) is 9.55. The van der Waals surface area contributed by atoms with Crippen molar-refractivity contribution in [3.05, 3.63) is 71.6 Å². The Kier molecular flexibility index (Phi) is 5.07. The number of pyridine rings is 1. The third kappa shape index (κ3) is 3.58. The predicted octanol–water partition coefficient (Wildman–Crippen LogP) is 3.70. The molecule has 0 saturated carbocycles. The smallest absolute Gasteiger partial charge is 0.290 e. The molecule has 0 unspecified atom stereocenters. The molecule has 0 aliphatic carbocycles. The van der Waals surface area contributed by atoms with Crippen LogP contribution in [-0.2, 0) is 4.74 Å². The number of nitrogen functional groups attached to an aromatic ring is 1. The van der Waals surface area contributed by atoms with E-state index >= 15 is 0 Å². The van der Waals surface area contributed by atoms with Gasteiger partial charge >= 0.3 is 0 Å². The Bertz CT molecular complexity index is 1320. The first-order valence-corrected chi connectivity index (χ1v) is 10.4. The highest BCUT2D eigenvalue weighted by Gasteiger charge is 2.31. The number of hydrogen-bond donors (Lipinski definition) is 1. The van der Waals surface area contributed by atoms with Crippen LogP contribution in [0.25, 0.3) is 22.1 Å².